The van der Waals surface area contributed by atoms with Crippen molar-refractivity contribution in [2.45, 2.75) is 88.7 Å². The third-order valence-electron chi connectivity index (χ3n) is 16.6. The number of aryl methyl sites for hydroxylation is 1. The highest BCUT2D eigenvalue weighted by Gasteiger charge is 2.50. The molecule has 18 heteroatoms. The molecule has 5 N–H and O–H groups in total. The van der Waals surface area contributed by atoms with Gasteiger partial charge in [-0.2, -0.15) is 5.10 Å². The van der Waals surface area contributed by atoms with E-state index in [9.17, 15) is 24.3 Å². The quantitative estimate of drug-likeness (QED) is 0.0851. The fraction of sp³-hybridized carbons (Fsp3) is 0.482. The van der Waals surface area contributed by atoms with Gasteiger partial charge in [0.05, 0.1) is 22.7 Å². The molecule has 4 aromatic carbocycles. The van der Waals surface area contributed by atoms with Crippen LogP contribution in [0.1, 0.15) is 104 Å². The molecule has 5 heterocycles. The topological polar surface area (TPSA) is 185 Å². The summed E-state index contributed by atoms with van der Waals surface area (Å²) in [6.07, 6.45) is 6.32. The highest BCUT2D eigenvalue weighted by atomic mass is 35.5. The molecule has 74 heavy (non-hydrogen) atoms. The van der Waals surface area contributed by atoms with Crippen LogP contribution in [0.3, 0.4) is 0 Å². The Morgan fingerprint density at radius 2 is 1.72 bits per heavy atom. The number of ether oxygens (including phenoxy) is 2. The van der Waals surface area contributed by atoms with E-state index in [0.717, 1.165) is 94.1 Å². The Hall–Kier alpha value is -6.14. The number of hydrogen-bond donors (Lipinski definition) is 4. The second kappa shape index (κ2) is 21.2. The lowest BCUT2D eigenvalue weighted by Gasteiger charge is -2.41. The zero-order valence-electron chi connectivity index (χ0n) is 42.2. The summed E-state index contributed by atoms with van der Waals surface area (Å²) in [5.74, 6) is -1.54. The number of aliphatic hydroxyl groups is 1. The number of halogens is 3. The molecule has 0 radical (unpaired) electrons. The molecule has 392 valence electrons. The van der Waals surface area contributed by atoms with E-state index in [0.29, 0.717) is 42.2 Å². The van der Waals surface area contributed by atoms with Gasteiger partial charge in [-0.25, -0.2) is 13.6 Å². The predicted octanol–water partition coefficient (Wildman–Crippen LogP) is 7.99. The van der Waals surface area contributed by atoms with Gasteiger partial charge in [-0.05, 0) is 105 Å². The van der Waals surface area contributed by atoms with E-state index >= 15 is 8.78 Å². The van der Waals surface area contributed by atoms with Gasteiger partial charge in [-0.15, -0.1) is 0 Å². The number of anilines is 1. The van der Waals surface area contributed by atoms with Gasteiger partial charge in [-0.3, -0.25) is 29.3 Å². The van der Waals surface area contributed by atoms with Gasteiger partial charge in [0.2, 0.25) is 17.7 Å². The van der Waals surface area contributed by atoms with Crippen molar-refractivity contribution in [1.29, 1.82) is 0 Å². The number of benzene rings is 4. The number of rotatable bonds is 14. The Kier molecular flexibility index (Phi) is 14.7. The summed E-state index contributed by atoms with van der Waals surface area (Å²) in [4.78, 5) is 57.4. The number of piperidine rings is 2. The highest BCUT2D eigenvalue weighted by molar-refractivity contribution is 6.34. The molecule has 3 saturated heterocycles. The number of hydrogen-bond acceptors (Lipinski definition) is 10. The number of primary amides is 1. The standard InChI is InChI=1S/C56H65ClF2N8O7/c1-32-29-65(21-19-39(32)36-11-14-40-43(27-36)64(3)63-53(40)67-24-20-46(69)62-55(67)72)30-34-17-22-66(23-18-34)54(71)35-9-12-38(13-10-35)61-31-56(37-7-5-4-6-8-37)33(2)47-45(74-56)28-42(58)50(57)49(47)48-41(52(60)70)15-16-44(51(48)59)73-26-25-68/h4-8,11,14-16,27-28,32-35,38-39,61,68H,9-10,12-13,17-26,29-31H2,1-3H3,(H2,60,70)(H,62,69,72)/t32-,33-,35?,38?,39+,56-/m0/s1. The van der Waals surface area contributed by atoms with E-state index in [1.165, 1.54) is 23.8 Å². The Morgan fingerprint density at radius 3 is 2.42 bits per heavy atom. The van der Waals surface area contributed by atoms with Crippen LogP contribution < -0.4 is 30.7 Å². The van der Waals surface area contributed by atoms with Crippen molar-refractivity contribution < 1.29 is 42.5 Å². The van der Waals surface area contributed by atoms with E-state index in [4.69, 9.17) is 26.8 Å². The van der Waals surface area contributed by atoms with Gasteiger partial charge in [-0.1, -0.05) is 61.8 Å². The van der Waals surface area contributed by atoms with Crippen LogP contribution in [-0.2, 0) is 22.2 Å². The average Bonchev–Trinajstić information content (AvgIpc) is 3.87. The smallest absolute Gasteiger partial charge is 0.329 e. The van der Waals surface area contributed by atoms with Gasteiger partial charge >= 0.3 is 6.03 Å². The predicted molar refractivity (Wildman–Crippen MR) is 277 cm³/mol. The number of nitrogens with one attached hydrogen (secondary N) is 2. The molecule has 15 nitrogen and oxygen atoms in total. The minimum Gasteiger partial charge on any atom is -0.488 e. The van der Waals surface area contributed by atoms with Crippen LogP contribution in [-0.4, -0.2) is 114 Å². The number of carbonyl (C=O) groups excluding carboxylic acids is 4. The molecular weight excluding hydrogens is 970 g/mol. The largest absolute Gasteiger partial charge is 0.488 e. The molecule has 5 amide bonds. The lowest BCUT2D eigenvalue weighted by molar-refractivity contribution is -0.138. The summed E-state index contributed by atoms with van der Waals surface area (Å²) in [5.41, 5.74) is 7.57. The molecule has 1 aliphatic carbocycles. The number of imide groups is 1. The Bertz CT molecular complexity index is 2960. The third-order valence-corrected chi connectivity index (χ3v) is 17.0. The second-order valence-corrected chi connectivity index (χ2v) is 21.5. The normalized spacial score (nSPS) is 24.7. The van der Waals surface area contributed by atoms with Crippen molar-refractivity contribution >= 4 is 52.1 Å². The number of amides is 5. The van der Waals surface area contributed by atoms with Crippen LogP contribution in [0.4, 0.5) is 19.4 Å². The molecule has 0 unspecified atom stereocenters. The van der Waals surface area contributed by atoms with Crippen molar-refractivity contribution in [3.05, 3.63) is 106 Å². The number of aromatic nitrogens is 2. The van der Waals surface area contributed by atoms with Crippen LogP contribution in [0.15, 0.2) is 66.7 Å². The minimum absolute atomic E-state index is 0.0494. The molecule has 0 spiro atoms. The number of fused-ring (bicyclic) bond motifs is 2. The highest BCUT2D eigenvalue weighted by Crippen LogP contribution is 2.56. The molecule has 1 aromatic heterocycles. The summed E-state index contributed by atoms with van der Waals surface area (Å²) < 4.78 is 46.5. The van der Waals surface area contributed by atoms with Gasteiger partial charge in [0.25, 0.3) is 0 Å². The average molecular weight is 1040 g/mol. The maximum atomic E-state index is 16.5. The first-order valence-corrected chi connectivity index (χ1v) is 26.5. The van der Waals surface area contributed by atoms with Gasteiger partial charge in [0.1, 0.15) is 18.2 Å². The molecule has 4 fully saturated rings. The number of carbonyl (C=O) groups is 4. The lowest BCUT2D eigenvalue weighted by Crippen LogP contribution is -2.49. The van der Waals surface area contributed by atoms with E-state index < -0.39 is 40.1 Å². The molecule has 0 bridgehead atoms. The number of nitrogens with two attached hydrogens (primary N) is 1. The van der Waals surface area contributed by atoms with Crippen LogP contribution in [0, 0.1) is 29.4 Å². The maximum absolute atomic E-state index is 16.5. The molecule has 10 rings (SSSR count). The Balaban J connectivity index is 0.737. The first-order chi connectivity index (χ1) is 35.6. The Morgan fingerprint density at radius 1 is 0.959 bits per heavy atom. The fourth-order valence-electron chi connectivity index (χ4n) is 12.6. The summed E-state index contributed by atoms with van der Waals surface area (Å²) in [6.45, 7) is 8.84. The van der Waals surface area contributed by atoms with Crippen molar-refractivity contribution in [2.24, 2.45) is 30.5 Å². The summed E-state index contributed by atoms with van der Waals surface area (Å²) >= 11 is 6.73. The van der Waals surface area contributed by atoms with E-state index in [1.54, 1.807) is 4.90 Å². The monoisotopic (exact) mass is 1030 g/mol. The van der Waals surface area contributed by atoms with E-state index in [1.807, 2.05) is 49.0 Å². The SMILES string of the molecule is C[C@H]1CN(CC2CCN(C(=O)C3CCC(NC[C@]4(c5ccccc5)Oc5cc(F)c(Cl)c(-c6c(C(N)=O)ccc(OCCO)c6F)c5[C@@H]4C)CC3)CC2)CC[C@H]1c1ccc2c(N3CCC(=O)NC3=O)nn(C)c2c1. The summed E-state index contributed by atoms with van der Waals surface area (Å²) in [6, 6.07) is 19.4. The van der Waals surface area contributed by atoms with Gasteiger partial charge in [0.15, 0.2) is 23.0 Å². The molecule has 4 atom stereocenters. The zero-order valence-corrected chi connectivity index (χ0v) is 42.9. The summed E-state index contributed by atoms with van der Waals surface area (Å²) in [7, 11) is 1.89. The van der Waals surface area contributed by atoms with Crippen molar-refractivity contribution in [3.63, 3.8) is 0 Å². The lowest BCUT2D eigenvalue weighted by atomic mass is 9.77. The minimum atomic E-state index is -1.10. The molecular formula is C56H65ClF2N8O7. The van der Waals surface area contributed by atoms with Crippen molar-refractivity contribution in [3.8, 4) is 22.6 Å². The second-order valence-electron chi connectivity index (χ2n) is 21.1. The van der Waals surface area contributed by atoms with Crippen LogP contribution in [0.5, 0.6) is 11.5 Å². The first kappa shape index (κ1) is 51.4. The van der Waals surface area contributed by atoms with Gasteiger partial charge < -0.3 is 35.4 Å². The van der Waals surface area contributed by atoms with Crippen molar-refractivity contribution in [2.75, 3.05) is 63.9 Å². The fourth-order valence-corrected chi connectivity index (χ4v) is 12.9. The number of likely N-dealkylation sites (tertiary alicyclic amines) is 2. The Labute approximate surface area is 434 Å². The van der Waals surface area contributed by atoms with Gasteiger partial charge in [0, 0.05) is 98.8 Å². The third kappa shape index (κ3) is 9.72. The van der Waals surface area contributed by atoms with E-state index in [-0.39, 0.29) is 71.6 Å². The maximum Gasteiger partial charge on any atom is 0.329 e. The summed E-state index contributed by atoms with van der Waals surface area (Å²) in [5, 5.41) is 20.7. The zero-order chi connectivity index (χ0) is 52.0. The number of nitrogens with zero attached hydrogens (tertiary/aromatic N) is 5. The first-order valence-electron chi connectivity index (χ1n) is 26.1. The molecule has 1 saturated carbocycles. The molecule has 5 aromatic rings. The number of aliphatic hydroxyl groups excluding tert-OH is 1. The van der Waals surface area contributed by atoms with Crippen LogP contribution in [0.2, 0.25) is 5.02 Å². The van der Waals surface area contributed by atoms with E-state index in [2.05, 4.69) is 50.7 Å². The van der Waals surface area contributed by atoms with Crippen LogP contribution in [0.25, 0.3) is 22.0 Å². The molecule has 4 aliphatic heterocycles. The van der Waals surface area contributed by atoms with Crippen molar-refractivity contribution in [1.82, 2.24) is 30.2 Å². The van der Waals surface area contributed by atoms with Crippen LogP contribution >= 0.6 is 11.6 Å². The number of urea groups is 1. The molecule has 5 aliphatic rings.